The quantitative estimate of drug-likeness (QED) is 0.749. The van der Waals surface area contributed by atoms with Gasteiger partial charge in [0.2, 0.25) is 0 Å². The molecule has 0 saturated carbocycles. The van der Waals surface area contributed by atoms with Crippen LogP contribution in [0.15, 0.2) is 60.8 Å². The molecule has 0 radical (unpaired) electrons. The normalized spacial score (nSPS) is 10.5. The third-order valence-electron chi connectivity index (χ3n) is 3.20. The second-order valence-corrected chi connectivity index (χ2v) is 5.15. The highest BCUT2D eigenvalue weighted by Gasteiger charge is 2.02. The zero-order valence-electron chi connectivity index (χ0n) is 11.3. The van der Waals surface area contributed by atoms with Gasteiger partial charge >= 0.3 is 0 Å². The maximum atomic E-state index is 5.82. The van der Waals surface area contributed by atoms with E-state index in [0.29, 0.717) is 17.3 Å². The lowest BCUT2D eigenvalue weighted by Crippen LogP contribution is -2.12. The summed E-state index contributed by atoms with van der Waals surface area (Å²) in [6, 6.07) is 18.0. The first-order valence-electron chi connectivity index (χ1n) is 6.59. The van der Waals surface area contributed by atoms with Crippen LogP contribution < -0.4 is 10.5 Å². The Morgan fingerprint density at radius 1 is 1.05 bits per heavy atom. The Kier molecular flexibility index (Phi) is 3.79. The Labute approximate surface area is 128 Å². The van der Waals surface area contributed by atoms with Crippen molar-refractivity contribution >= 4 is 28.0 Å². The highest BCUT2D eigenvalue weighted by Crippen LogP contribution is 2.21. The first kappa shape index (κ1) is 13.5. The first-order chi connectivity index (χ1) is 10.2. The molecule has 0 amide bonds. The van der Waals surface area contributed by atoms with Crippen LogP contribution in [0.25, 0.3) is 10.8 Å². The molecule has 0 atom stereocenters. The first-order valence-corrected chi connectivity index (χ1v) is 6.99. The fraction of sp³-hybridized carbons (Fsp3) is 0.0588. The van der Waals surface area contributed by atoms with Crippen molar-refractivity contribution in [1.29, 1.82) is 0 Å². The predicted molar refractivity (Wildman–Crippen MR) is 88.4 cm³/mol. The van der Waals surface area contributed by atoms with Gasteiger partial charge in [-0.3, -0.25) is 4.98 Å². The van der Waals surface area contributed by atoms with Gasteiger partial charge in [0.05, 0.1) is 5.69 Å². The van der Waals surface area contributed by atoms with Crippen LogP contribution in [0.3, 0.4) is 0 Å². The van der Waals surface area contributed by atoms with Crippen LogP contribution in [0.5, 0.6) is 5.75 Å². The van der Waals surface area contributed by atoms with E-state index in [2.05, 4.69) is 23.2 Å². The molecule has 0 aliphatic carbocycles. The number of rotatable bonds is 4. The fourth-order valence-corrected chi connectivity index (χ4v) is 2.23. The number of ether oxygens (including phenoxy) is 1. The number of benzene rings is 2. The number of nitrogens with two attached hydrogens (primary N) is 1. The summed E-state index contributed by atoms with van der Waals surface area (Å²) < 4.78 is 5.82. The molecule has 21 heavy (non-hydrogen) atoms. The van der Waals surface area contributed by atoms with E-state index in [1.165, 1.54) is 5.39 Å². The number of hydrogen-bond acceptors (Lipinski definition) is 3. The van der Waals surface area contributed by atoms with Gasteiger partial charge in [-0.1, -0.05) is 42.5 Å². The van der Waals surface area contributed by atoms with Crippen molar-refractivity contribution in [2.24, 2.45) is 5.73 Å². The van der Waals surface area contributed by atoms with Gasteiger partial charge in [0, 0.05) is 6.20 Å². The van der Waals surface area contributed by atoms with E-state index >= 15 is 0 Å². The summed E-state index contributed by atoms with van der Waals surface area (Å²) in [6.45, 7) is 0.455. The molecular formula is C17H14N2OS. The van der Waals surface area contributed by atoms with Crippen LogP contribution in [-0.4, -0.2) is 9.97 Å². The predicted octanol–water partition coefficient (Wildman–Crippen LogP) is 3.45. The zero-order chi connectivity index (χ0) is 14.7. The molecule has 0 aliphatic rings. The average molecular weight is 294 g/mol. The number of hydrogen-bond donors (Lipinski definition) is 1. The lowest BCUT2D eigenvalue weighted by atomic mass is 10.1. The number of thiocarbonyl (C=S) groups is 1. The van der Waals surface area contributed by atoms with E-state index < -0.39 is 0 Å². The van der Waals surface area contributed by atoms with Gasteiger partial charge in [-0.05, 0) is 40.6 Å². The molecule has 3 aromatic rings. The van der Waals surface area contributed by atoms with Crippen LogP contribution in [-0.2, 0) is 6.61 Å². The van der Waals surface area contributed by atoms with E-state index in [1.807, 2.05) is 36.4 Å². The van der Waals surface area contributed by atoms with E-state index in [0.717, 1.165) is 16.7 Å². The average Bonchev–Trinajstić information content (AvgIpc) is 2.53. The lowest BCUT2D eigenvalue weighted by Gasteiger charge is -2.08. The maximum Gasteiger partial charge on any atom is 0.122 e. The molecule has 104 valence electrons. The molecule has 0 bridgehead atoms. The van der Waals surface area contributed by atoms with Gasteiger partial charge in [-0.15, -0.1) is 0 Å². The SMILES string of the molecule is NC(=S)c1cc(COc2ccc3ccccc3c2)ccn1. The molecule has 2 N–H and O–H groups in total. The molecule has 3 rings (SSSR count). The number of pyridine rings is 1. The van der Waals surface area contributed by atoms with Gasteiger partial charge in [0.25, 0.3) is 0 Å². The van der Waals surface area contributed by atoms with E-state index in [-0.39, 0.29) is 0 Å². The van der Waals surface area contributed by atoms with Crippen LogP contribution in [0, 0.1) is 0 Å². The minimum absolute atomic E-state index is 0.294. The van der Waals surface area contributed by atoms with Crippen molar-refractivity contribution in [3.8, 4) is 5.75 Å². The standard InChI is InChI=1S/C17H14N2OS/c18-17(21)16-9-12(7-8-19-16)11-20-15-6-5-13-3-1-2-4-14(13)10-15/h1-10H,11H2,(H2,18,21). The molecule has 2 aromatic carbocycles. The van der Waals surface area contributed by atoms with Crippen molar-refractivity contribution in [3.63, 3.8) is 0 Å². The van der Waals surface area contributed by atoms with Crippen LogP contribution in [0.2, 0.25) is 0 Å². The lowest BCUT2D eigenvalue weighted by molar-refractivity contribution is 0.306. The van der Waals surface area contributed by atoms with Crippen molar-refractivity contribution in [2.75, 3.05) is 0 Å². The van der Waals surface area contributed by atoms with Gasteiger partial charge < -0.3 is 10.5 Å². The Morgan fingerprint density at radius 2 is 1.86 bits per heavy atom. The Morgan fingerprint density at radius 3 is 2.67 bits per heavy atom. The summed E-state index contributed by atoms with van der Waals surface area (Å²) in [7, 11) is 0. The summed E-state index contributed by atoms with van der Waals surface area (Å²) in [5.41, 5.74) is 7.18. The van der Waals surface area contributed by atoms with E-state index in [4.69, 9.17) is 22.7 Å². The molecule has 4 heteroatoms. The molecule has 0 fully saturated rings. The third-order valence-corrected chi connectivity index (χ3v) is 3.41. The molecule has 0 aliphatic heterocycles. The van der Waals surface area contributed by atoms with Gasteiger partial charge in [0.15, 0.2) is 0 Å². The van der Waals surface area contributed by atoms with Gasteiger partial charge in [-0.25, -0.2) is 0 Å². The summed E-state index contributed by atoms with van der Waals surface area (Å²) in [5.74, 6) is 0.836. The molecular weight excluding hydrogens is 280 g/mol. The van der Waals surface area contributed by atoms with Crippen molar-refractivity contribution in [1.82, 2.24) is 4.98 Å². The van der Waals surface area contributed by atoms with Gasteiger partial charge in [-0.2, -0.15) is 0 Å². The van der Waals surface area contributed by atoms with Crippen LogP contribution >= 0.6 is 12.2 Å². The summed E-state index contributed by atoms with van der Waals surface area (Å²) in [4.78, 5) is 4.41. The number of nitrogens with zero attached hydrogens (tertiary/aromatic N) is 1. The zero-order valence-corrected chi connectivity index (χ0v) is 12.1. The number of fused-ring (bicyclic) bond motifs is 1. The molecule has 3 nitrogen and oxygen atoms in total. The summed E-state index contributed by atoms with van der Waals surface area (Å²) in [5, 5.41) is 2.36. The van der Waals surface area contributed by atoms with Crippen LogP contribution in [0.1, 0.15) is 11.3 Å². The topological polar surface area (TPSA) is 48.1 Å². The molecule has 0 spiro atoms. The second kappa shape index (κ2) is 5.89. The second-order valence-electron chi connectivity index (χ2n) is 4.71. The van der Waals surface area contributed by atoms with E-state index in [1.54, 1.807) is 6.20 Å². The van der Waals surface area contributed by atoms with Gasteiger partial charge in [0.1, 0.15) is 17.3 Å². The molecule has 0 unspecified atom stereocenters. The highest BCUT2D eigenvalue weighted by atomic mass is 32.1. The van der Waals surface area contributed by atoms with Crippen molar-refractivity contribution in [3.05, 3.63) is 72.1 Å². The largest absolute Gasteiger partial charge is 0.489 e. The molecule has 1 aromatic heterocycles. The third kappa shape index (κ3) is 3.17. The molecule has 1 heterocycles. The Bertz CT molecular complexity index is 801. The smallest absolute Gasteiger partial charge is 0.122 e. The van der Waals surface area contributed by atoms with Crippen molar-refractivity contribution in [2.45, 2.75) is 6.61 Å². The Hall–Kier alpha value is -2.46. The fourth-order valence-electron chi connectivity index (χ4n) is 2.12. The number of aromatic nitrogens is 1. The maximum absolute atomic E-state index is 5.82. The highest BCUT2D eigenvalue weighted by molar-refractivity contribution is 7.80. The van der Waals surface area contributed by atoms with Crippen LogP contribution in [0.4, 0.5) is 0 Å². The minimum Gasteiger partial charge on any atom is -0.489 e. The monoisotopic (exact) mass is 294 g/mol. The van der Waals surface area contributed by atoms with E-state index in [9.17, 15) is 0 Å². The summed E-state index contributed by atoms with van der Waals surface area (Å²) in [6.07, 6.45) is 1.69. The Balaban J connectivity index is 1.77. The minimum atomic E-state index is 0.294. The molecule has 0 saturated heterocycles. The van der Waals surface area contributed by atoms with Crippen molar-refractivity contribution < 1.29 is 4.74 Å². The summed E-state index contributed by atoms with van der Waals surface area (Å²) >= 11 is 4.93.